The van der Waals surface area contributed by atoms with E-state index < -0.39 is 41.4 Å². The van der Waals surface area contributed by atoms with E-state index in [0.717, 1.165) is 35.1 Å². The summed E-state index contributed by atoms with van der Waals surface area (Å²) in [5.41, 5.74) is 10.1. The quantitative estimate of drug-likeness (QED) is 0.103. The van der Waals surface area contributed by atoms with Gasteiger partial charge in [-0.15, -0.1) is 0 Å². The number of anilines is 1. The molecule has 0 radical (unpaired) electrons. The molecule has 280 valence electrons. The molecule has 1 atom stereocenters. The number of benzene rings is 3. The smallest absolute Gasteiger partial charge is 0.411 e. The standard InChI is InChI=1S/C37H39F4N7O5/c1-20-3-8-26(31(49)43-2)18-28(20)23-9-4-21(5-10-23)17-29(45-32(50)25-11-6-22(19-42)7-12-25)33(51)44-27-15-13-24(14-16-27)30-46-34(48-47-30)36(38,39)37(40,41)35(52)53/h3-5,8-10,13-16,18,22,25,29H,6-7,11-12,17,19,42H2,1-2H3,(H,43,49)(H,44,51)(H,45,50)(H,52,53)(H,46,47,48)/t22?,25?,29-/m0/s1. The first-order chi connectivity index (χ1) is 25.1. The lowest BCUT2D eigenvalue weighted by atomic mass is 9.81. The molecule has 4 aromatic rings. The van der Waals surface area contributed by atoms with E-state index in [9.17, 15) is 36.7 Å². The summed E-state index contributed by atoms with van der Waals surface area (Å²) in [5, 5.41) is 22.0. The number of aromatic nitrogens is 3. The molecule has 5 rings (SSSR count). The predicted octanol–water partition coefficient (Wildman–Crippen LogP) is 5.05. The van der Waals surface area contributed by atoms with Gasteiger partial charge in [0.05, 0.1) is 0 Å². The molecule has 1 aliphatic rings. The van der Waals surface area contributed by atoms with Crippen molar-refractivity contribution in [3.63, 3.8) is 0 Å². The minimum atomic E-state index is -5.44. The zero-order valence-corrected chi connectivity index (χ0v) is 28.9. The summed E-state index contributed by atoms with van der Waals surface area (Å²) in [6.45, 7) is 2.49. The number of hydrogen-bond acceptors (Lipinski definition) is 7. The minimum Gasteiger partial charge on any atom is -0.477 e. The van der Waals surface area contributed by atoms with Crippen LogP contribution >= 0.6 is 0 Å². The van der Waals surface area contributed by atoms with Gasteiger partial charge in [-0.25, -0.2) is 9.78 Å². The highest BCUT2D eigenvalue weighted by atomic mass is 19.3. The third kappa shape index (κ3) is 8.54. The van der Waals surface area contributed by atoms with Gasteiger partial charge in [0.1, 0.15) is 6.04 Å². The van der Waals surface area contributed by atoms with Crippen LogP contribution < -0.4 is 21.7 Å². The van der Waals surface area contributed by atoms with Gasteiger partial charge in [0, 0.05) is 36.2 Å². The summed E-state index contributed by atoms with van der Waals surface area (Å²) in [6, 6.07) is 17.4. The molecule has 0 unspecified atom stereocenters. The molecule has 3 aromatic carbocycles. The molecule has 1 aliphatic carbocycles. The lowest BCUT2D eigenvalue weighted by Gasteiger charge is -2.28. The number of nitrogens with zero attached hydrogens (tertiary/aromatic N) is 2. The maximum Gasteiger partial charge on any atom is 0.411 e. The number of halogens is 4. The predicted molar refractivity (Wildman–Crippen MR) is 187 cm³/mol. The van der Waals surface area contributed by atoms with E-state index in [1.165, 1.54) is 24.3 Å². The van der Waals surface area contributed by atoms with Crippen LogP contribution in [-0.4, -0.2) is 69.5 Å². The maximum atomic E-state index is 14.2. The van der Waals surface area contributed by atoms with Gasteiger partial charge in [0.15, 0.2) is 5.82 Å². The van der Waals surface area contributed by atoms with Crippen LogP contribution in [0.25, 0.3) is 22.5 Å². The first-order valence-electron chi connectivity index (χ1n) is 16.9. The Bertz CT molecular complexity index is 1960. The maximum absolute atomic E-state index is 14.2. The van der Waals surface area contributed by atoms with E-state index in [1.54, 1.807) is 24.3 Å². The van der Waals surface area contributed by atoms with Crippen molar-refractivity contribution < 1.29 is 41.8 Å². The Labute approximate surface area is 302 Å². The van der Waals surface area contributed by atoms with Crippen molar-refractivity contribution in [3.8, 4) is 22.5 Å². The molecule has 1 aromatic heterocycles. The molecule has 0 bridgehead atoms. The van der Waals surface area contributed by atoms with E-state index in [4.69, 9.17) is 10.8 Å². The van der Waals surface area contributed by atoms with Crippen molar-refractivity contribution in [3.05, 3.63) is 89.2 Å². The number of hydrogen-bond donors (Lipinski definition) is 6. The van der Waals surface area contributed by atoms with E-state index >= 15 is 0 Å². The summed E-state index contributed by atoms with van der Waals surface area (Å²) < 4.78 is 55.7. The topological polar surface area (TPSA) is 192 Å². The number of aliphatic carboxylic acids is 1. The lowest BCUT2D eigenvalue weighted by molar-refractivity contribution is -0.231. The van der Waals surface area contributed by atoms with Crippen LogP contribution in [0.15, 0.2) is 66.7 Å². The second kappa shape index (κ2) is 15.9. The SMILES string of the molecule is CNC(=O)c1ccc(C)c(-c2ccc(C[C@H](NC(=O)C3CCC(CN)CC3)C(=O)Nc3ccc(-c4n[nH]c(C(F)(F)C(F)(F)C(=O)O)n4)cc3)cc2)c1. The number of aryl methyl sites for hydroxylation is 1. The highest BCUT2D eigenvalue weighted by Gasteiger charge is 2.65. The van der Waals surface area contributed by atoms with Crippen LogP contribution in [0.2, 0.25) is 0 Å². The second-order valence-corrected chi connectivity index (χ2v) is 13.1. The largest absolute Gasteiger partial charge is 0.477 e. The number of amides is 3. The highest BCUT2D eigenvalue weighted by molar-refractivity contribution is 5.98. The van der Waals surface area contributed by atoms with Crippen LogP contribution in [0.4, 0.5) is 23.2 Å². The van der Waals surface area contributed by atoms with Gasteiger partial charge < -0.3 is 26.8 Å². The third-order valence-corrected chi connectivity index (χ3v) is 9.47. The number of carbonyl (C=O) groups excluding carboxylic acids is 3. The molecule has 1 saturated carbocycles. The van der Waals surface area contributed by atoms with Crippen molar-refractivity contribution in [2.24, 2.45) is 17.6 Å². The van der Waals surface area contributed by atoms with Crippen molar-refractivity contribution in [2.75, 3.05) is 18.9 Å². The number of nitrogens with one attached hydrogen (secondary N) is 4. The van der Waals surface area contributed by atoms with Gasteiger partial charge in [0.2, 0.25) is 17.6 Å². The van der Waals surface area contributed by atoms with Crippen molar-refractivity contribution in [2.45, 2.75) is 56.9 Å². The molecule has 12 nitrogen and oxygen atoms in total. The lowest BCUT2D eigenvalue weighted by Crippen LogP contribution is -2.48. The second-order valence-electron chi connectivity index (χ2n) is 13.1. The molecule has 0 aliphatic heterocycles. The molecule has 0 spiro atoms. The number of rotatable bonds is 13. The van der Waals surface area contributed by atoms with Crippen LogP contribution in [-0.2, 0) is 26.7 Å². The number of carboxylic acid groups (broad SMARTS) is 1. The number of nitrogens with two attached hydrogens (primary N) is 1. The van der Waals surface area contributed by atoms with Crippen molar-refractivity contribution in [1.29, 1.82) is 0 Å². The van der Waals surface area contributed by atoms with Gasteiger partial charge in [0.25, 0.3) is 5.91 Å². The molecule has 53 heavy (non-hydrogen) atoms. The summed E-state index contributed by atoms with van der Waals surface area (Å²) in [5.74, 6) is -16.6. The van der Waals surface area contributed by atoms with E-state index in [1.807, 2.05) is 37.3 Å². The zero-order chi connectivity index (χ0) is 38.5. The summed E-state index contributed by atoms with van der Waals surface area (Å²) in [6.07, 6.45) is 3.06. The number of aromatic amines is 1. The molecule has 16 heteroatoms. The number of alkyl halides is 4. The fourth-order valence-electron chi connectivity index (χ4n) is 6.18. The summed E-state index contributed by atoms with van der Waals surface area (Å²) >= 11 is 0. The number of H-pyrrole nitrogens is 1. The number of carbonyl (C=O) groups is 4. The molecular weight excluding hydrogens is 698 g/mol. The van der Waals surface area contributed by atoms with E-state index in [-0.39, 0.29) is 35.4 Å². The molecule has 1 heterocycles. The van der Waals surface area contributed by atoms with Gasteiger partial charge in [-0.2, -0.15) is 22.7 Å². The van der Waals surface area contributed by atoms with Crippen molar-refractivity contribution >= 4 is 29.4 Å². The van der Waals surface area contributed by atoms with Crippen LogP contribution in [0.3, 0.4) is 0 Å². The fraction of sp³-hybridized carbons (Fsp3) is 0.351. The first-order valence-corrected chi connectivity index (χ1v) is 16.9. The Balaban J connectivity index is 1.33. The van der Waals surface area contributed by atoms with Gasteiger partial charge >= 0.3 is 17.8 Å². The van der Waals surface area contributed by atoms with Crippen LogP contribution in [0.1, 0.15) is 53.0 Å². The Morgan fingerprint density at radius 1 is 0.943 bits per heavy atom. The number of carboxylic acids is 1. The molecule has 1 fully saturated rings. The molecule has 0 saturated heterocycles. The average molecular weight is 738 g/mol. The Morgan fingerprint density at radius 3 is 2.19 bits per heavy atom. The molecule has 7 N–H and O–H groups in total. The summed E-state index contributed by atoms with van der Waals surface area (Å²) in [7, 11) is 1.56. The Kier molecular flexibility index (Phi) is 11.6. The minimum absolute atomic E-state index is 0.106. The average Bonchev–Trinajstić information content (AvgIpc) is 3.66. The Hall–Kier alpha value is -5.64. The fourth-order valence-corrected chi connectivity index (χ4v) is 6.18. The summed E-state index contributed by atoms with van der Waals surface area (Å²) in [4.78, 5) is 53.4. The van der Waals surface area contributed by atoms with Gasteiger partial charge in [-0.1, -0.05) is 30.3 Å². The van der Waals surface area contributed by atoms with Gasteiger partial charge in [-0.3, -0.25) is 19.5 Å². The monoisotopic (exact) mass is 737 g/mol. The normalized spacial score (nSPS) is 16.7. The zero-order valence-electron chi connectivity index (χ0n) is 28.9. The Morgan fingerprint density at radius 2 is 1.58 bits per heavy atom. The van der Waals surface area contributed by atoms with E-state index in [2.05, 4.69) is 26.0 Å². The first kappa shape index (κ1) is 38.6. The third-order valence-electron chi connectivity index (χ3n) is 9.47. The van der Waals surface area contributed by atoms with Crippen LogP contribution in [0, 0.1) is 18.8 Å². The molecular formula is C37H39F4N7O5. The van der Waals surface area contributed by atoms with Crippen molar-refractivity contribution in [1.82, 2.24) is 25.8 Å². The van der Waals surface area contributed by atoms with Gasteiger partial charge in [-0.05, 0) is 104 Å². The molecule has 3 amide bonds. The van der Waals surface area contributed by atoms with Crippen LogP contribution in [0.5, 0.6) is 0 Å². The van der Waals surface area contributed by atoms with E-state index in [0.29, 0.717) is 30.9 Å². The highest BCUT2D eigenvalue weighted by Crippen LogP contribution is 2.42.